The summed E-state index contributed by atoms with van der Waals surface area (Å²) in [5.41, 5.74) is 1.73. The summed E-state index contributed by atoms with van der Waals surface area (Å²) in [6, 6.07) is 5.08. The van der Waals surface area contributed by atoms with E-state index in [9.17, 15) is 13.2 Å². The molecule has 0 saturated heterocycles. The largest absolute Gasteiger partial charge is 0.389 e. The normalized spacial score (nSPS) is 13.7. The zero-order valence-electron chi connectivity index (χ0n) is 10.4. The van der Waals surface area contributed by atoms with Gasteiger partial charge in [0, 0.05) is 17.5 Å². The van der Waals surface area contributed by atoms with Gasteiger partial charge in [0.25, 0.3) is 0 Å². The van der Waals surface area contributed by atoms with E-state index in [2.05, 4.69) is 5.32 Å². The van der Waals surface area contributed by atoms with Crippen molar-refractivity contribution in [1.29, 1.82) is 0 Å². The van der Waals surface area contributed by atoms with E-state index in [1.165, 1.54) is 0 Å². The molecular weight excluding hydrogens is 263 g/mol. The van der Waals surface area contributed by atoms with Gasteiger partial charge >= 0.3 is 6.18 Å². The summed E-state index contributed by atoms with van der Waals surface area (Å²) < 4.78 is 36.8. The zero-order valence-corrected chi connectivity index (χ0v) is 11.2. The molecule has 0 amide bonds. The first-order chi connectivity index (χ1) is 8.33. The van der Waals surface area contributed by atoms with Gasteiger partial charge < -0.3 is 5.32 Å². The van der Waals surface area contributed by atoms with Crippen LogP contribution in [0.3, 0.4) is 0 Å². The molecule has 0 fully saturated rings. The van der Waals surface area contributed by atoms with Crippen LogP contribution in [0.2, 0.25) is 5.02 Å². The molecule has 0 aliphatic rings. The molecule has 1 aromatic carbocycles. The number of aryl methyl sites for hydroxylation is 1. The second-order valence-corrected chi connectivity index (χ2v) is 4.68. The number of hydrogen-bond acceptors (Lipinski definition) is 1. The molecule has 102 valence electrons. The summed E-state index contributed by atoms with van der Waals surface area (Å²) in [6.45, 7) is 4.36. The molecule has 0 aromatic heterocycles. The molecule has 1 aromatic rings. The molecule has 0 saturated carbocycles. The molecule has 0 aliphatic heterocycles. The molecule has 0 radical (unpaired) electrons. The third-order valence-electron chi connectivity index (χ3n) is 2.77. The molecular formula is C13H17ClF3N. The van der Waals surface area contributed by atoms with Crippen LogP contribution < -0.4 is 5.32 Å². The number of hydrogen-bond donors (Lipinski definition) is 1. The van der Waals surface area contributed by atoms with Crippen molar-refractivity contribution < 1.29 is 13.2 Å². The Labute approximate surface area is 110 Å². The highest BCUT2D eigenvalue weighted by Gasteiger charge is 2.28. The fourth-order valence-electron chi connectivity index (χ4n) is 1.77. The molecule has 1 atom stereocenters. The van der Waals surface area contributed by atoms with Gasteiger partial charge in [-0.1, -0.05) is 30.7 Å². The molecule has 0 heterocycles. The molecule has 1 nitrogen and oxygen atoms in total. The first-order valence-corrected chi connectivity index (χ1v) is 6.27. The van der Waals surface area contributed by atoms with E-state index in [0.29, 0.717) is 11.6 Å². The van der Waals surface area contributed by atoms with E-state index in [1.54, 1.807) is 6.07 Å². The molecule has 18 heavy (non-hydrogen) atoms. The maximum Gasteiger partial charge on any atom is 0.389 e. The standard InChI is InChI=1S/C13H17ClF3N/c1-3-18-12(6-7-13(15,16)17)10-5-4-9(2)11(14)8-10/h4-5,8,12,18H,3,6-7H2,1-2H3. The van der Waals surface area contributed by atoms with Gasteiger partial charge in [0.05, 0.1) is 0 Å². The van der Waals surface area contributed by atoms with Crippen LogP contribution in [0, 0.1) is 6.92 Å². The summed E-state index contributed by atoms with van der Waals surface area (Å²) >= 11 is 6.00. The lowest BCUT2D eigenvalue weighted by atomic mass is 10.0. The molecule has 1 N–H and O–H groups in total. The summed E-state index contributed by atoms with van der Waals surface area (Å²) in [4.78, 5) is 0. The third-order valence-corrected chi connectivity index (χ3v) is 3.17. The Hall–Kier alpha value is -0.740. The maximum atomic E-state index is 12.3. The van der Waals surface area contributed by atoms with Gasteiger partial charge in [-0.3, -0.25) is 0 Å². The van der Waals surface area contributed by atoms with Gasteiger partial charge in [0.1, 0.15) is 0 Å². The Balaban J connectivity index is 2.80. The highest BCUT2D eigenvalue weighted by molar-refractivity contribution is 6.31. The second-order valence-electron chi connectivity index (χ2n) is 4.27. The van der Waals surface area contributed by atoms with E-state index in [4.69, 9.17) is 11.6 Å². The quantitative estimate of drug-likeness (QED) is 0.828. The van der Waals surface area contributed by atoms with Crippen LogP contribution >= 0.6 is 11.6 Å². The van der Waals surface area contributed by atoms with Crippen LogP contribution in [-0.4, -0.2) is 12.7 Å². The minimum Gasteiger partial charge on any atom is -0.310 e. The predicted octanol–water partition coefficient (Wildman–Crippen LogP) is 4.64. The number of halogens is 4. The minimum absolute atomic E-state index is 0.0245. The average molecular weight is 280 g/mol. The van der Waals surface area contributed by atoms with Crippen LogP contribution in [-0.2, 0) is 0 Å². The van der Waals surface area contributed by atoms with Gasteiger partial charge in [-0.2, -0.15) is 13.2 Å². The second kappa shape index (κ2) is 6.43. The Bertz CT molecular complexity index is 390. The Morgan fingerprint density at radius 1 is 1.33 bits per heavy atom. The van der Waals surface area contributed by atoms with E-state index in [1.807, 2.05) is 26.0 Å². The number of alkyl halides is 3. The number of nitrogens with one attached hydrogen (secondary N) is 1. The zero-order chi connectivity index (χ0) is 13.8. The lowest BCUT2D eigenvalue weighted by Crippen LogP contribution is -2.23. The van der Waals surface area contributed by atoms with E-state index >= 15 is 0 Å². The number of benzene rings is 1. The van der Waals surface area contributed by atoms with Crippen molar-refractivity contribution in [2.75, 3.05) is 6.54 Å². The smallest absolute Gasteiger partial charge is 0.310 e. The van der Waals surface area contributed by atoms with Gasteiger partial charge in [0.15, 0.2) is 0 Å². The minimum atomic E-state index is -4.12. The van der Waals surface area contributed by atoms with Crippen LogP contribution in [0.25, 0.3) is 0 Å². The molecule has 5 heteroatoms. The Kier molecular flexibility index (Phi) is 5.47. The van der Waals surface area contributed by atoms with Crippen molar-refractivity contribution in [1.82, 2.24) is 5.32 Å². The Morgan fingerprint density at radius 3 is 2.50 bits per heavy atom. The van der Waals surface area contributed by atoms with Crippen molar-refractivity contribution in [3.05, 3.63) is 34.3 Å². The van der Waals surface area contributed by atoms with Gasteiger partial charge in [-0.15, -0.1) is 0 Å². The van der Waals surface area contributed by atoms with Crippen molar-refractivity contribution in [3.63, 3.8) is 0 Å². The molecule has 1 rings (SSSR count). The van der Waals surface area contributed by atoms with Crippen molar-refractivity contribution >= 4 is 11.6 Å². The van der Waals surface area contributed by atoms with Crippen molar-refractivity contribution in [2.45, 2.75) is 38.9 Å². The van der Waals surface area contributed by atoms with Gasteiger partial charge in [0.2, 0.25) is 0 Å². The van der Waals surface area contributed by atoms with E-state index in [-0.39, 0.29) is 12.5 Å². The van der Waals surface area contributed by atoms with E-state index in [0.717, 1.165) is 11.1 Å². The Morgan fingerprint density at radius 2 is 2.00 bits per heavy atom. The van der Waals surface area contributed by atoms with Crippen LogP contribution in [0.5, 0.6) is 0 Å². The van der Waals surface area contributed by atoms with Gasteiger partial charge in [-0.25, -0.2) is 0 Å². The predicted molar refractivity (Wildman–Crippen MR) is 67.9 cm³/mol. The number of rotatable bonds is 5. The summed E-state index contributed by atoms with van der Waals surface area (Å²) in [5, 5.41) is 3.65. The van der Waals surface area contributed by atoms with Crippen LogP contribution in [0.15, 0.2) is 18.2 Å². The monoisotopic (exact) mass is 279 g/mol. The van der Waals surface area contributed by atoms with Crippen LogP contribution in [0.1, 0.15) is 36.9 Å². The first kappa shape index (κ1) is 15.3. The van der Waals surface area contributed by atoms with Crippen molar-refractivity contribution in [3.8, 4) is 0 Å². The summed E-state index contributed by atoms with van der Waals surface area (Å²) in [7, 11) is 0. The topological polar surface area (TPSA) is 12.0 Å². The first-order valence-electron chi connectivity index (χ1n) is 5.89. The molecule has 0 spiro atoms. The molecule has 0 aliphatic carbocycles. The van der Waals surface area contributed by atoms with E-state index < -0.39 is 12.6 Å². The van der Waals surface area contributed by atoms with Crippen molar-refractivity contribution in [2.24, 2.45) is 0 Å². The lowest BCUT2D eigenvalue weighted by molar-refractivity contribution is -0.136. The highest BCUT2D eigenvalue weighted by Crippen LogP contribution is 2.29. The molecule has 1 unspecified atom stereocenters. The fourth-order valence-corrected chi connectivity index (χ4v) is 1.96. The third kappa shape index (κ3) is 4.86. The summed E-state index contributed by atoms with van der Waals surface area (Å²) in [5.74, 6) is 0. The maximum absolute atomic E-state index is 12.3. The fraction of sp³-hybridized carbons (Fsp3) is 0.538. The average Bonchev–Trinajstić information content (AvgIpc) is 2.27. The van der Waals surface area contributed by atoms with Crippen LogP contribution in [0.4, 0.5) is 13.2 Å². The van der Waals surface area contributed by atoms with Gasteiger partial charge in [-0.05, 0) is 37.1 Å². The SMILES string of the molecule is CCNC(CCC(F)(F)F)c1ccc(C)c(Cl)c1. The highest BCUT2D eigenvalue weighted by atomic mass is 35.5. The molecule has 0 bridgehead atoms. The lowest BCUT2D eigenvalue weighted by Gasteiger charge is -2.19. The summed E-state index contributed by atoms with van der Waals surface area (Å²) in [6.07, 6.45) is -4.89.